The van der Waals surface area contributed by atoms with Gasteiger partial charge < -0.3 is 10.1 Å². The van der Waals surface area contributed by atoms with Crippen molar-refractivity contribution >= 4 is 34.4 Å². The first kappa shape index (κ1) is 19.7. The second-order valence-corrected chi connectivity index (χ2v) is 7.48. The standard InChI is InChI=1S/C21H19N5O3S/c1-13-7-9-14(10-8-13)23-18(27)12-30-21-24-19-15(11-22-25-19)20(28)26(21)16-5-3-4-6-17(16)29-2/h3-11H,12H2,1-2H3,(H,22,25)(H,23,27). The molecule has 8 nitrogen and oxygen atoms in total. The van der Waals surface area contributed by atoms with Crippen LogP contribution in [0.5, 0.6) is 5.75 Å². The highest BCUT2D eigenvalue weighted by atomic mass is 32.2. The van der Waals surface area contributed by atoms with Crippen LogP contribution in [0.4, 0.5) is 5.69 Å². The molecule has 9 heteroatoms. The Balaban J connectivity index is 1.67. The molecule has 0 unspecified atom stereocenters. The van der Waals surface area contributed by atoms with E-state index in [1.807, 2.05) is 43.3 Å². The Labute approximate surface area is 176 Å². The second kappa shape index (κ2) is 8.42. The summed E-state index contributed by atoms with van der Waals surface area (Å²) < 4.78 is 6.86. The average Bonchev–Trinajstić information content (AvgIpc) is 3.23. The number of amides is 1. The minimum Gasteiger partial charge on any atom is -0.495 e. The Hall–Kier alpha value is -3.59. The first-order valence-electron chi connectivity index (χ1n) is 9.15. The van der Waals surface area contributed by atoms with E-state index in [1.165, 1.54) is 17.9 Å². The maximum Gasteiger partial charge on any atom is 0.270 e. The van der Waals surface area contributed by atoms with Gasteiger partial charge in [0.05, 0.1) is 24.7 Å². The van der Waals surface area contributed by atoms with E-state index in [0.717, 1.165) is 17.3 Å². The lowest BCUT2D eigenvalue weighted by molar-refractivity contribution is -0.113. The number of nitrogens with one attached hydrogen (secondary N) is 2. The second-order valence-electron chi connectivity index (χ2n) is 6.54. The van der Waals surface area contributed by atoms with Gasteiger partial charge in [0.1, 0.15) is 11.1 Å². The van der Waals surface area contributed by atoms with Gasteiger partial charge in [0, 0.05) is 5.69 Å². The number of ether oxygens (including phenoxy) is 1. The molecular weight excluding hydrogens is 402 g/mol. The maximum absolute atomic E-state index is 13.1. The molecular formula is C21H19N5O3S. The Bertz CT molecular complexity index is 1260. The van der Waals surface area contributed by atoms with Gasteiger partial charge >= 0.3 is 0 Å². The molecule has 4 rings (SSSR count). The summed E-state index contributed by atoms with van der Waals surface area (Å²) in [5.41, 5.74) is 2.44. The van der Waals surface area contributed by atoms with Crippen molar-refractivity contribution in [2.24, 2.45) is 0 Å². The highest BCUT2D eigenvalue weighted by Gasteiger charge is 2.18. The molecule has 2 heterocycles. The summed E-state index contributed by atoms with van der Waals surface area (Å²) in [5, 5.41) is 10.2. The van der Waals surface area contributed by atoms with Crippen LogP contribution in [0.2, 0.25) is 0 Å². The van der Waals surface area contributed by atoms with Crippen LogP contribution in [-0.4, -0.2) is 38.5 Å². The zero-order valence-corrected chi connectivity index (χ0v) is 17.2. The number of hydrogen-bond acceptors (Lipinski definition) is 6. The molecule has 0 radical (unpaired) electrons. The number of hydrogen-bond donors (Lipinski definition) is 2. The van der Waals surface area contributed by atoms with E-state index in [0.29, 0.717) is 33.3 Å². The molecule has 1 amide bonds. The van der Waals surface area contributed by atoms with Gasteiger partial charge in [-0.15, -0.1) is 0 Å². The Kier molecular flexibility index (Phi) is 5.53. The van der Waals surface area contributed by atoms with Crippen LogP contribution in [-0.2, 0) is 4.79 Å². The highest BCUT2D eigenvalue weighted by molar-refractivity contribution is 7.99. The van der Waals surface area contributed by atoms with E-state index in [9.17, 15) is 9.59 Å². The summed E-state index contributed by atoms with van der Waals surface area (Å²) in [4.78, 5) is 30.1. The predicted octanol–water partition coefficient (Wildman–Crippen LogP) is 3.16. The number of rotatable bonds is 6. The van der Waals surface area contributed by atoms with Gasteiger partial charge in [0.2, 0.25) is 5.91 Å². The van der Waals surface area contributed by atoms with Gasteiger partial charge in [0.15, 0.2) is 10.8 Å². The third-order valence-corrected chi connectivity index (χ3v) is 5.38. The van der Waals surface area contributed by atoms with Crippen molar-refractivity contribution in [3.63, 3.8) is 0 Å². The van der Waals surface area contributed by atoms with Crippen molar-refractivity contribution in [2.75, 3.05) is 18.2 Å². The van der Waals surface area contributed by atoms with Crippen molar-refractivity contribution in [3.8, 4) is 11.4 Å². The predicted molar refractivity (Wildman–Crippen MR) is 117 cm³/mol. The summed E-state index contributed by atoms with van der Waals surface area (Å²) in [7, 11) is 1.54. The van der Waals surface area contributed by atoms with E-state index in [2.05, 4.69) is 20.5 Å². The van der Waals surface area contributed by atoms with Crippen LogP contribution in [0.1, 0.15) is 5.56 Å². The zero-order chi connectivity index (χ0) is 21.1. The summed E-state index contributed by atoms with van der Waals surface area (Å²) in [6.45, 7) is 1.98. The molecule has 0 atom stereocenters. The number of nitrogens with zero attached hydrogens (tertiary/aromatic N) is 3. The lowest BCUT2D eigenvalue weighted by atomic mass is 10.2. The van der Waals surface area contributed by atoms with Gasteiger partial charge in [-0.3, -0.25) is 19.3 Å². The number of aryl methyl sites for hydroxylation is 1. The topological polar surface area (TPSA) is 102 Å². The largest absolute Gasteiger partial charge is 0.495 e. The summed E-state index contributed by atoms with van der Waals surface area (Å²) in [5.74, 6) is 0.402. The number of methoxy groups -OCH3 is 1. The van der Waals surface area contributed by atoms with E-state index >= 15 is 0 Å². The monoisotopic (exact) mass is 421 g/mol. The molecule has 152 valence electrons. The van der Waals surface area contributed by atoms with Gasteiger partial charge in [0.25, 0.3) is 5.56 Å². The SMILES string of the molecule is COc1ccccc1-n1c(SCC(=O)Nc2ccc(C)cc2)nc2[nH]ncc2c1=O. The number of H-pyrrole nitrogens is 1. The minimum atomic E-state index is -0.292. The van der Waals surface area contributed by atoms with Crippen LogP contribution in [0, 0.1) is 6.92 Å². The van der Waals surface area contributed by atoms with Crippen LogP contribution in [0.25, 0.3) is 16.7 Å². The van der Waals surface area contributed by atoms with E-state index in [4.69, 9.17) is 4.74 Å². The van der Waals surface area contributed by atoms with Gasteiger partial charge in [-0.2, -0.15) is 5.10 Å². The molecule has 0 aliphatic heterocycles. The van der Waals surface area contributed by atoms with Crippen molar-refractivity contribution in [2.45, 2.75) is 12.1 Å². The molecule has 0 aliphatic carbocycles. The third-order valence-electron chi connectivity index (χ3n) is 4.45. The van der Waals surface area contributed by atoms with Gasteiger partial charge in [-0.05, 0) is 31.2 Å². The molecule has 4 aromatic rings. The lowest BCUT2D eigenvalue weighted by Gasteiger charge is -2.14. The highest BCUT2D eigenvalue weighted by Crippen LogP contribution is 2.26. The number of anilines is 1. The van der Waals surface area contributed by atoms with Crippen molar-refractivity contribution in [1.82, 2.24) is 19.7 Å². The molecule has 0 saturated carbocycles. The van der Waals surface area contributed by atoms with Crippen LogP contribution < -0.4 is 15.6 Å². The number of carbonyl (C=O) groups is 1. The fourth-order valence-corrected chi connectivity index (χ4v) is 3.76. The first-order chi connectivity index (χ1) is 14.6. The quantitative estimate of drug-likeness (QED) is 0.366. The van der Waals surface area contributed by atoms with E-state index in [-0.39, 0.29) is 17.2 Å². The minimum absolute atomic E-state index is 0.0785. The maximum atomic E-state index is 13.1. The molecule has 2 N–H and O–H groups in total. The number of benzene rings is 2. The fraction of sp³-hybridized carbons (Fsp3) is 0.143. The molecule has 2 aromatic carbocycles. The summed E-state index contributed by atoms with van der Waals surface area (Å²) in [6.07, 6.45) is 1.44. The number of thioether (sulfide) groups is 1. The number of para-hydroxylation sites is 2. The first-order valence-corrected chi connectivity index (χ1v) is 10.1. The number of aromatic nitrogens is 4. The number of aromatic amines is 1. The smallest absolute Gasteiger partial charge is 0.270 e. The van der Waals surface area contributed by atoms with Crippen molar-refractivity contribution in [1.29, 1.82) is 0 Å². The summed E-state index contributed by atoms with van der Waals surface area (Å²) >= 11 is 1.16. The van der Waals surface area contributed by atoms with Crippen LogP contribution in [0.15, 0.2) is 64.7 Å². The van der Waals surface area contributed by atoms with E-state index < -0.39 is 0 Å². The number of fused-ring (bicyclic) bond motifs is 1. The summed E-state index contributed by atoms with van der Waals surface area (Å²) in [6, 6.07) is 14.7. The fourth-order valence-electron chi connectivity index (χ4n) is 2.96. The van der Waals surface area contributed by atoms with Gasteiger partial charge in [-0.1, -0.05) is 41.6 Å². The Morgan fingerprint density at radius 2 is 1.97 bits per heavy atom. The zero-order valence-electron chi connectivity index (χ0n) is 16.4. The normalized spacial score (nSPS) is 10.9. The molecule has 0 bridgehead atoms. The molecule has 0 aliphatic rings. The molecule has 2 aromatic heterocycles. The Morgan fingerprint density at radius 1 is 1.20 bits per heavy atom. The van der Waals surface area contributed by atoms with Crippen LogP contribution >= 0.6 is 11.8 Å². The average molecular weight is 421 g/mol. The lowest BCUT2D eigenvalue weighted by Crippen LogP contribution is -2.23. The van der Waals surface area contributed by atoms with Crippen molar-refractivity contribution < 1.29 is 9.53 Å². The third kappa shape index (κ3) is 3.92. The molecule has 30 heavy (non-hydrogen) atoms. The van der Waals surface area contributed by atoms with Crippen LogP contribution in [0.3, 0.4) is 0 Å². The van der Waals surface area contributed by atoms with Crippen molar-refractivity contribution in [3.05, 3.63) is 70.6 Å². The van der Waals surface area contributed by atoms with Gasteiger partial charge in [-0.25, -0.2) is 4.98 Å². The molecule has 0 fully saturated rings. The van der Waals surface area contributed by atoms with E-state index in [1.54, 1.807) is 12.1 Å². The Morgan fingerprint density at radius 3 is 2.73 bits per heavy atom. The number of carbonyl (C=O) groups excluding carboxylic acids is 1. The molecule has 0 saturated heterocycles. The molecule has 0 spiro atoms.